The molecule has 0 fully saturated rings. The summed E-state index contributed by atoms with van der Waals surface area (Å²) in [7, 11) is 0. The van der Waals surface area contributed by atoms with Crippen molar-refractivity contribution >= 4 is 23.2 Å². The van der Waals surface area contributed by atoms with Crippen LogP contribution in [0.2, 0.25) is 5.02 Å². The number of Topliss-reactive ketones (excluding diaryl/α,β-unsaturated/α-hetero) is 2. The van der Waals surface area contributed by atoms with Gasteiger partial charge in [-0.15, -0.1) is 0 Å². The number of carbonyl (C=O) groups excluding carboxylic acids is 2. The van der Waals surface area contributed by atoms with Gasteiger partial charge in [0, 0.05) is 22.9 Å². The Morgan fingerprint density at radius 3 is 2.26 bits per heavy atom. The summed E-state index contributed by atoms with van der Waals surface area (Å²) >= 11 is 5.87. The Hall–Kier alpha value is -1.67. The molecule has 3 heteroatoms. The number of allylic oxidation sites excluding steroid dienone is 3. The summed E-state index contributed by atoms with van der Waals surface area (Å²) in [5, 5.41) is 0.623. The van der Waals surface area contributed by atoms with Gasteiger partial charge in [-0.2, -0.15) is 0 Å². The van der Waals surface area contributed by atoms with E-state index in [1.165, 1.54) is 5.57 Å². The predicted octanol–water partition coefficient (Wildman–Crippen LogP) is 5.81. The van der Waals surface area contributed by atoms with E-state index in [9.17, 15) is 9.59 Å². The Kier molecular flexibility index (Phi) is 7.97. The standard InChI is InChI=1S/C20H25ClO2/c1-14(2)19(13-8-15(3)6-5-7-16(4)22)20(23)17-9-11-18(21)12-10-17/h6,9-12,19H,1,5,7-8,13H2,2-4H3/b15-6+. The Balaban J connectivity index is 2.68. The number of halogens is 1. The molecule has 0 aromatic heterocycles. The normalized spacial score (nSPS) is 12.8. The lowest BCUT2D eigenvalue weighted by molar-refractivity contribution is -0.116. The van der Waals surface area contributed by atoms with Crippen LogP contribution in [0, 0.1) is 5.92 Å². The van der Waals surface area contributed by atoms with E-state index in [1.54, 1.807) is 31.2 Å². The van der Waals surface area contributed by atoms with Gasteiger partial charge in [-0.1, -0.05) is 35.4 Å². The van der Waals surface area contributed by atoms with Gasteiger partial charge in [0.1, 0.15) is 5.78 Å². The third-order valence-electron chi connectivity index (χ3n) is 3.86. The zero-order valence-electron chi connectivity index (χ0n) is 14.2. The van der Waals surface area contributed by atoms with Crippen LogP contribution in [-0.4, -0.2) is 11.6 Å². The monoisotopic (exact) mass is 332 g/mol. The highest BCUT2D eigenvalue weighted by molar-refractivity contribution is 6.30. The van der Waals surface area contributed by atoms with Crippen molar-refractivity contribution < 1.29 is 9.59 Å². The number of ketones is 2. The molecule has 0 heterocycles. The fourth-order valence-corrected chi connectivity index (χ4v) is 2.54. The number of carbonyl (C=O) groups is 2. The van der Waals surface area contributed by atoms with Crippen LogP contribution < -0.4 is 0 Å². The maximum absolute atomic E-state index is 12.6. The summed E-state index contributed by atoms with van der Waals surface area (Å²) in [6, 6.07) is 6.99. The van der Waals surface area contributed by atoms with Crippen LogP contribution in [0.15, 0.2) is 48.1 Å². The van der Waals surface area contributed by atoms with E-state index in [-0.39, 0.29) is 17.5 Å². The first-order valence-corrected chi connectivity index (χ1v) is 8.29. The number of rotatable bonds is 9. The minimum atomic E-state index is -0.188. The van der Waals surface area contributed by atoms with Crippen molar-refractivity contribution in [1.82, 2.24) is 0 Å². The van der Waals surface area contributed by atoms with Gasteiger partial charge in [0.05, 0.1) is 0 Å². The topological polar surface area (TPSA) is 34.1 Å². The number of hydrogen-bond donors (Lipinski definition) is 0. The Morgan fingerprint density at radius 1 is 1.13 bits per heavy atom. The molecule has 1 unspecified atom stereocenters. The Labute approximate surface area is 144 Å². The van der Waals surface area contributed by atoms with Gasteiger partial charge < -0.3 is 4.79 Å². The molecule has 23 heavy (non-hydrogen) atoms. The zero-order valence-corrected chi connectivity index (χ0v) is 15.0. The minimum absolute atomic E-state index is 0.0886. The average Bonchev–Trinajstić information content (AvgIpc) is 2.47. The molecule has 1 aromatic rings. The first-order valence-electron chi connectivity index (χ1n) is 7.91. The average molecular weight is 333 g/mol. The molecule has 0 saturated heterocycles. The van der Waals surface area contributed by atoms with Gasteiger partial charge in [0.2, 0.25) is 0 Å². The number of benzene rings is 1. The highest BCUT2D eigenvalue weighted by Gasteiger charge is 2.20. The van der Waals surface area contributed by atoms with Gasteiger partial charge in [-0.05, 0) is 64.3 Å². The maximum Gasteiger partial charge on any atom is 0.169 e. The van der Waals surface area contributed by atoms with E-state index in [1.807, 2.05) is 13.8 Å². The van der Waals surface area contributed by atoms with E-state index in [0.29, 0.717) is 17.0 Å². The van der Waals surface area contributed by atoms with E-state index < -0.39 is 0 Å². The van der Waals surface area contributed by atoms with Crippen LogP contribution in [0.25, 0.3) is 0 Å². The molecule has 1 rings (SSSR count). The smallest absolute Gasteiger partial charge is 0.169 e. The second-order valence-corrected chi connectivity index (χ2v) is 6.54. The lowest BCUT2D eigenvalue weighted by Crippen LogP contribution is -2.16. The van der Waals surface area contributed by atoms with Crippen molar-refractivity contribution in [3.63, 3.8) is 0 Å². The van der Waals surface area contributed by atoms with E-state index in [2.05, 4.69) is 12.7 Å². The first-order chi connectivity index (χ1) is 10.8. The molecule has 0 aliphatic rings. The summed E-state index contributed by atoms with van der Waals surface area (Å²) in [5.41, 5.74) is 2.75. The SMILES string of the molecule is C=C(C)C(CC/C(C)=C/CCC(C)=O)C(=O)c1ccc(Cl)cc1. The third-order valence-corrected chi connectivity index (χ3v) is 4.11. The Morgan fingerprint density at radius 2 is 1.74 bits per heavy atom. The summed E-state index contributed by atoms with van der Waals surface area (Å²) in [6.45, 7) is 9.51. The quantitative estimate of drug-likeness (QED) is 0.422. The lowest BCUT2D eigenvalue weighted by atomic mass is 9.87. The molecular formula is C20H25ClO2. The molecule has 2 nitrogen and oxygen atoms in total. The molecule has 0 amide bonds. The van der Waals surface area contributed by atoms with Gasteiger partial charge >= 0.3 is 0 Å². The summed E-state index contributed by atoms with van der Waals surface area (Å²) in [6.07, 6.45) is 4.99. The second-order valence-electron chi connectivity index (χ2n) is 6.10. The maximum atomic E-state index is 12.6. The van der Waals surface area contributed by atoms with E-state index >= 15 is 0 Å². The van der Waals surface area contributed by atoms with Crippen molar-refractivity contribution in [2.75, 3.05) is 0 Å². The minimum Gasteiger partial charge on any atom is -0.300 e. The molecule has 124 valence electrons. The first kappa shape index (κ1) is 19.4. The van der Waals surface area contributed by atoms with Crippen molar-refractivity contribution in [2.45, 2.75) is 46.5 Å². The molecular weight excluding hydrogens is 308 g/mol. The molecule has 0 aliphatic heterocycles. The molecule has 0 saturated carbocycles. The molecule has 0 spiro atoms. The van der Waals surface area contributed by atoms with Crippen LogP contribution in [0.3, 0.4) is 0 Å². The summed E-state index contributed by atoms with van der Waals surface area (Å²) in [5.74, 6) is 0.102. The third kappa shape index (κ3) is 6.96. The second kappa shape index (κ2) is 9.46. The van der Waals surface area contributed by atoms with E-state index in [0.717, 1.165) is 24.8 Å². The van der Waals surface area contributed by atoms with Gasteiger partial charge in [0.15, 0.2) is 5.78 Å². The van der Waals surface area contributed by atoms with Crippen LogP contribution in [-0.2, 0) is 4.79 Å². The Bertz CT molecular complexity index is 597. The number of hydrogen-bond acceptors (Lipinski definition) is 2. The van der Waals surface area contributed by atoms with Crippen molar-refractivity contribution in [1.29, 1.82) is 0 Å². The van der Waals surface area contributed by atoms with Crippen LogP contribution >= 0.6 is 11.6 Å². The summed E-state index contributed by atoms with van der Waals surface area (Å²) < 4.78 is 0. The highest BCUT2D eigenvalue weighted by Crippen LogP contribution is 2.24. The van der Waals surface area contributed by atoms with Crippen molar-refractivity contribution in [3.05, 3.63) is 58.7 Å². The molecule has 0 bridgehead atoms. The highest BCUT2D eigenvalue weighted by atomic mass is 35.5. The fourth-order valence-electron chi connectivity index (χ4n) is 2.41. The van der Waals surface area contributed by atoms with Crippen LogP contribution in [0.4, 0.5) is 0 Å². The molecule has 0 N–H and O–H groups in total. The van der Waals surface area contributed by atoms with Crippen molar-refractivity contribution in [3.8, 4) is 0 Å². The van der Waals surface area contributed by atoms with Crippen LogP contribution in [0.1, 0.15) is 56.8 Å². The molecule has 1 atom stereocenters. The van der Waals surface area contributed by atoms with Gasteiger partial charge in [-0.3, -0.25) is 4.79 Å². The fraction of sp³-hybridized carbons (Fsp3) is 0.400. The van der Waals surface area contributed by atoms with Gasteiger partial charge in [-0.25, -0.2) is 0 Å². The lowest BCUT2D eigenvalue weighted by Gasteiger charge is -2.16. The van der Waals surface area contributed by atoms with Crippen LogP contribution in [0.5, 0.6) is 0 Å². The molecule has 0 radical (unpaired) electrons. The van der Waals surface area contributed by atoms with Gasteiger partial charge in [0.25, 0.3) is 0 Å². The van der Waals surface area contributed by atoms with E-state index in [4.69, 9.17) is 11.6 Å². The zero-order chi connectivity index (χ0) is 17.4. The molecule has 1 aromatic carbocycles. The molecule has 0 aliphatic carbocycles. The van der Waals surface area contributed by atoms with Crippen molar-refractivity contribution in [2.24, 2.45) is 5.92 Å². The largest absolute Gasteiger partial charge is 0.300 e. The summed E-state index contributed by atoms with van der Waals surface area (Å²) in [4.78, 5) is 23.6. The predicted molar refractivity (Wildman–Crippen MR) is 97.0 cm³/mol.